The number of ether oxygens (including phenoxy) is 2. The first-order valence-electron chi connectivity index (χ1n) is 9.14. The van der Waals surface area contributed by atoms with E-state index in [4.69, 9.17) is 9.47 Å². The zero-order valence-electron chi connectivity index (χ0n) is 16.2. The second-order valence-electron chi connectivity index (χ2n) is 6.71. The summed E-state index contributed by atoms with van der Waals surface area (Å²) >= 11 is 0. The summed E-state index contributed by atoms with van der Waals surface area (Å²) in [6.45, 7) is 5.11. The summed E-state index contributed by atoms with van der Waals surface area (Å²) in [5.41, 5.74) is 2.51. The second-order valence-corrected chi connectivity index (χ2v) is 6.71. The number of hydrogen-bond acceptors (Lipinski definition) is 5. The van der Waals surface area contributed by atoms with Crippen LogP contribution in [0.4, 0.5) is 0 Å². The molecule has 5 nitrogen and oxygen atoms in total. The lowest BCUT2D eigenvalue weighted by molar-refractivity contribution is 0.140. The maximum Gasteiger partial charge on any atom is 0.119 e. The second kappa shape index (κ2) is 11.6. The number of pyridine rings is 1. The van der Waals surface area contributed by atoms with E-state index in [1.807, 2.05) is 18.5 Å². The van der Waals surface area contributed by atoms with Gasteiger partial charge in [-0.05, 0) is 55.9 Å². The highest BCUT2D eigenvalue weighted by atomic mass is 16.5. The number of nitrogens with zero attached hydrogens (tertiary/aromatic N) is 3. The summed E-state index contributed by atoms with van der Waals surface area (Å²) in [7, 11) is 5.91. The van der Waals surface area contributed by atoms with Gasteiger partial charge < -0.3 is 14.4 Å². The molecular formula is C21H31N3O2. The van der Waals surface area contributed by atoms with Crippen molar-refractivity contribution in [2.45, 2.75) is 19.5 Å². The van der Waals surface area contributed by atoms with Crippen molar-refractivity contribution in [3.8, 4) is 5.75 Å². The first kappa shape index (κ1) is 20.4. The lowest BCUT2D eigenvalue weighted by atomic mass is 10.2. The van der Waals surface area contributed by atoms with Gasteiger partial charge in [0, 0.05) is 45.7 Å². The summed E-state index contributed by atoms with van der Waals surface area (Å²) in [4.78, 5) is 8.65. The first-order chi connectivity index (χ1) is 12.7. The van der Waals surface area contributed by atoms with E-state index in [0.717, 1.165) is 45.0 Å². The fourth-order valence-electron chi connectivity index (χ4n) is 2.74. The van der Waals surface area contributed by atoms with Crippen molar-refractivity contribution in [3.05, 3.63) is 59.9 Å². The van der Waals surface area contributed by atoms with Crippen LogP contribution in [0.15, 0.2) is 48.8 Å². The predicted molar refractivity (Wildman–Crippen MR) is 105 cm³/mol. The largest absolute Gasteiger partial charge is 0.494 e. The van der Waals surface area contributed by atoms with Crippen molar-refractivity contribution in [2.75, 3.05) is 47.5 Å². The molecule has 1 aromatic carbocycles. The number of rotatable bonds is 12. The Balaban J connectivity index is 1.92. The molecule has 0 amide bonds. The molecule has 5 heteroatoms. The van der Waals surface area contributed by atoms with Crippen molar-refractivity contribution < 1.29 is 9.47 Å². The Morgan fingerprint density at radius 3 is 2.42 bits per heavy atom. The van der Waals surface area contributed by atoms with Gasteiger partial charge in [-0.25, -0.2) is 0 Å². The third-order valence-corrected chi connectivity index (χ3v) is 4.09. The first-order valence-corrected chi connectivity index (χ1v) is 9.14. The van der Waals surface area contributed by atoms with E-state index in [-0.39, 0.29) is 0 Å². The van der Waals surface area contributed by atoms with E-state index in [2.05, 4.69) is 59.2 Å². The minimum absolute atomic E-state index is 0.714. The Kier molecular flexibility index (Phi) is 9.10. The molecule has 26 heavy (non-hydrogen) atoms. The summed E-state index contributed by atoms with van der Waals surface area (Å²) < 4.78 is 11.2. The SMILES string of the molecule is COCCN(Cc1ccncc1)Cc1cccc(OCCCN(C)C)c1. The fraction of sp³-hybridized carbons (Fsp3) is 0.476. The van der Waals surface area contributed by atoms with Gasteiger partial charge in [-0.1, -0.05) is 12.1 Å². The Labute approximate surface area is 157 Å². The highest BCUT2D eigenvalue weighted by Crippen LogP contribution is 2.16. The molecule has 0 spiro atoms. The molecule has 0 saturated carbocycles. The highest BCUT2D eigenvalue weighted by Gasteiger charge is 2.08. The molecule has 0 atom stereocenters. The van der Waals surface area contributed by atoms with Crippen LogP contribution in [0.5, 0.6) is 5.75 Å². The molecule has 0 aliphatic rings. The zero-order valence-corrected chi connectivity index (χ0v) is 16.2. The van der Waals surface area contributed by atoms with Crippen molar-refractivity contribution in [2.24, 2.45) is 0 Å². The molecule has 142 valence electrons. The third kappa shape index (κ3) is 7.95. The van der Waals surface area contributed by atoms with Gasteiger partial charge in [0.15, 0.2) is 0 Å². The lowest BCUT2D eigenvalue weighted by Gasteiger charge is -2.22. The standard InChI is InChI=1S/C21H31N3O2/c1-23(2)12-5-14-26-21-7-4-6-20(16-21)18-24(13-15-25-3)17-19-8-10-22-11-9-19/h4,6-11,16H,5,12-15,17-18H2,1-3H3. The topological polar surface area (TPSA) is 37.8 Å². The Bertz CT molecular complexity index is 620. The average Bonchev–Trinajstić information content (AvgIpc) is 2.64. The molecule has 0 aliphatic heterocycles. The van der Waals surface area contributed by atoms with E-state index in [1.54, 1.807) is 7.11 Å². The van der Waals surface area contributed by atoms with Crippen LogP contribution in [0, 0.1) is 0 Å². The van der Waals surface area contributed by atoms with Crippen LogP contribution in [0.2, 0.25) is 0 Å². The van der Waals surface area contributed by atoms with Gasteiger partial charge in [0.1, 0.15) is 5.75 Å². The van der Waals surface area contributed by atoms with Crippen molar-refractivity contribution in [3.63, 3.8) is 0 Å². The Morgan fingerprint density at radius 1 is 0.923 bits per heavy atom. The number of methoxy groups -OCH3 is 1. The van der Waals surface area contributed by atoms with E-state index in [0.29, 0.717) is 6.61 Å². The van der Waals surface area contributed by atoms with Crippen molar-refractivity contribution in [1.29, 1.82) is 0 Å². The van der Waals surface area contributed by atoms with Gasteiger partial charge in [0.2, 0.25) is 0 Å². The van der Waals surface area contributed by atoms with Crippen LogP contribution in [0.3, 0.4) is 0 Å². The van der Waals surface area contributed by atoms with Crippen LogP contribution in [-0.4, -0.2) is 62.3 Å². The molecule has 0 fully saturated rings. The average molecular weight is 357 g/mol. The smallest absolute Gasteiger partial charge is 0.119 e. The molecule has 0 bridgehead atoms. The van der Waals surface area contributed by atoms with E-state index < -0.39 is 0 Å². The summed E-state index contributed by atoms with van der Waals surface area (Å²) in [5, 5.41) is 0. The predicted octanol–water partition coefficient (Wildman–Crippen LogP) is 3.06. The van der Waals surface area contributed by atoms with Crippen LogP contribution < -0.4 is 4.74 Å². The maximum atomic E-state index is 5.90. The molecule has 1 heterocycles. The quantitative estimate of drug-likeness (QED) is 0.546. The minimum Gasteiger partial charge on any atom is -0.494 e. The monoisotopic (exact) mass is 357 g/mol. The van der Waals surface area contributed by atoms with Gasteiger partial charge in [-0.3, -0.25) is 9.88 Å². The van der Waals surface area contributed by atoms with Crippen LogP contribution in [-0.2, 0) is 17.8 Å². The number of aromatic nitrogens is 1. The number of hydrogen-bond donors (Lipinski definition) is 0. The third-order valence-electron chi connectivity index (χ3n) is 4.09. The van der Waals surface area contributed by atoms with Crippen LogP contribution in [0.25, 0.3) is 0 Å². The van der Waals surface area contributed by atoms with E-state index >= 15 is 0 Å². The van der Waals surface area contributed by atoms with E-state index in [9.17, 15) is 0 Å². The fourth-order valence-corrected chi connectivity index (χ4v) is 2.74. The minimum atomic E-state index is 0.714. The molecule has 0 radical (unpaired) electrons. The molecule has 0 saturated heterocycles. The lowest BCUT2D eigenvalue weighted by Crippen LogP contribution is -2.26. The maximum absolute atomic E-state index is 5.90. The van der Waals surface area contributed by atoms with E-state index in [1.165, 1.54) is 11.1 Å². The Morgan fingerprint density at radius 2 is 1.69 bits per heavy atom. The van der Waals surface area contributed by atoms with Crippen LogP contribution in [0.1, 0.15) is 17.5 Å². The van der Waals surface area contributed by atoms with Crippen molar-refractivity contribution in [1.82, 2.24) is 14.8 Å². The molecular weight excluding hydrogens is 326 g/mol. The van der Waals surface area contributed by atoms with Gasteiger partial charge in [0.05, 0.1) is 13.2 Å². The van der Waals surface area contributed by atoms with Crippen LogP contribution >= 0.6 is 0 Å². The molecule has 0 aliphatic carbocycles. The van der Waals surface area contributed by atoms with Gasteiger partial charge in [0.25, 0.3) is 0 Å². The normalized spacial score (nSPS) is 11.3. The molecule has 0 N–H and O–H groups in total. The van der Waals surface area contributed by atoms with Crippen molar-refractivity contribution >= 4 is 0 Å². The van der Waals surface area contributed by atoms with Gasteiger partial charge in [-0.15, -0.1) is 0 Å². The summed E-state index contributed by atoms with van der Waals surface area (Å²) in [6.07, 6.45) is 4.71. The Hall–Kier alpha value is -1.95. The summed E-state index contributed by atoms with van der Waals surface area (Å²) in [5.74, 6) is 0.942. The van der Waals surface area contributed by atoms with Gasteiger partial charge in [-0.2, -0.15) is 0 Å². The number of benzene rings is 1. The molecule has 1 aromatic heterocycles. The highest BCUT2D eigenvalue weighted by molar-refractivity contribution is 5.28. The molecule has 0 unspecified atom stereocenters. The summed E-state index contributed by atoms with van der Waals surface area (Å²) in [6, 6.07) is 12.5. The molecule has 2 rings (SSSR count). The molecule has 2 aromatic rings. The van der Waals surface area contributed by atoms with Gasteiger partial charge >= 0.3 is 0 Å². The zero-order chi connectivity index (χ0) is 18.6.